The van der Waals surface area contributed by atoms with Crippen molar-refractivity contribution in [3.05, 3.63) is 69.2 Å². The fraction of sp³-hybridized carbons (Fsp3) is 0.0625. The van der Waals surface area contributed by atoms with E-state index in [4.69, 9.17) is 11.6 Å². The van der Waals surface area contributed by atoms with Crippen LogP contribution in [0.25, 0.3) is 0 Å². The van der Waals surface area contributed by atoms with Gasteiger partial charge in [-0.05, 0) is 35.9 Å². The quantitative estimate of drug-likeness (QED) is 0.420. The lowest BCUT2D eigenvalue weighted by Gasteiger charge is -2.01. The first-order valence-electron chi connectivity index (χ1n) is 6.88. The molecule has 0 unspecified atom stereocenters. The van der Waals surface area contributed by atoms with Crippen molar-refractivity contribution in [2.45, 2.75) is 10.1 Å². The Labute approximate surface area is 160 Å². The van der Waals surface area contributed by atoms with E-state index in [1.165, 1.54) is 16.9 Å². The summed E-state index contributed by atoms with van der Waals surface area (Å²) in [6.07, 6.45) is 0. The summed E-state index contributed by atoms with van der Waals surface area (Å²) in [5.41, 5.74) is 1.68. The molecule has 0 saturated carbocycles. The van der Waals surface area contributed by atoms with Crippen LogP contribution in [-0.4, -0.2) is 16.1 Å². The lowest BCUT2D eigenvalue weighted by atomic mass is 10.2. The second-order valence-electron chi connectivity index (χ2n) is 4.75. The lowest BCUT2D eigenvalue weighted by Crippen LogP contribution is -2.11. The standard InChI is InChI=1S/C16H11BrClN3OS2/c17-12-6-4-10(5-7-12)9-23-16-21-20-15(24-16)19-14(22)11-2-1-3-13(18)8-11/h1-8H,9H2,(H,19,20,22). The predicted molar refractivity (Wildman–Crippen MR) is 103 cm³/mol. The first-order valence-corrected chi connectivity index (χ1v) is 9.85. The molecule has 0 fully saturated rings. The van der Waals surface area contributed by atoms with Crippen LogP contribution in [0.4, 0.5) is 5.13 Å². The Bertz CT molecular complexity index is 855. The van der Waals surface area contributed by atoms with Crippen molar-refractivity contribution in [1.29, 1.82) is 0 Å². The molecule has 1 heterocycles. The maximum Gasteiger partial charge on any atom is 0.257 e. The highest BCUT2D eigenvalue weighted by atomic mass is 79.9. The van der Waals surface area contributed by atoms with Gasteiger partial charge in [-0.2, -0.15) is 0 Å². The van der Waals surface area contributed by atoms with Crippen LogP contribution in [0.5, 0.6) is 0 Å². The average Bonchev–Trinajstić information content (AvgIpc) is 3.02. The summed E-state index contributed by atoms with van der Waals surface area (Å²) in [7, 11) is 0. The number of anilines is 1. The summed E-state index contributed by atoms with van der Waals surface area (Å²) >= 11 is 12.2. The van der Waals surface area contributed by atoms with Gasteiger partial charge >= 0.3 is 0 Å². The van der Waals surface area contributed by atoms with Crippen LogP contribution in [0.3, 0.4) is 0 Å². The van der Waals surface area contributed by atoms with Gasteiger partial charge in [0.2, 0.25) is 5.13 Å². The van der Waals surface area contributed by atoms with Crippen molar-refractivity contribution >= 4 is 61.7 Å². The van der Waals surface area contributed by atoms with Crippen molar-refractivity contribution < 1.29 is 4.79 Å². The van der Waals surface area contributed by atoms with E-state index >= 15 is 0 Å². The van der Waals surface area contributed by atoms with Crippen LogP contribution in [0.1, 0.15) is 15.9 Å². The largest absolute Gasteiger partial charge is 0.296 e. The number of amides is 1. The summed E-state index contributed by atoms with van der Waals surface area (Å²) in [5.74, 6) is 0.544. The highest BCUT2D eigenvalue weighted by Crippen LogP contribution is 2.29. The molecule has 0 aliphatic heterocycles. The van der Waals surface area contributed by atoms with Crippen LogP contribution >= 0.6 is 50.6 Å². The molecule has 122 valence electrons. The molecule has 0 spiro atoms. The van der Waals surface area contributed by atoms with E-state index in [9.17, 15) is 4.79 Å². The highest BCUT2D eigenvalue weighted by Gasteiger charge is 2.11. The SMILES string of the molecule is O=C(Nc1nnc(SCc2ccc(Br)cc2)s1)c1cccc(Cl)c1. The van der Waals surface area contributed by atoms with Gasteiger partial charge in [-0.25, -0.2) is 0 Å². The van der Waals surface area contributed by atoms with Gasteiger partial charge in [0, 0.05) is 20.8 Å². The molecule has 1 amide bonds. The third kappa shape index (κ3) is 4.80. The zero-order valence-electron chi connectivity index (χ0n) is 12.2. The molecule has 3 rings (SSSR count). The summed E-state index contributed by atoms with van der Waals surface area (Å²) < 4.78 is 1.86. The number of rotatable bonds is 5. The number of aromatic nitrogens is 2. The molecule has 4 nitrogen and oxygen atoms in total. The second-order valence-corrected chi connectivity index (χ2v) is 8.30. The van der Waals surface area contributed by atoms with Gasteiger partial charge in [-0.15, -0.1) is 10.2 Å². The van der Waals surface area contributed by atoms with Gasteiger partial charge < -0.3 is 0 Å². The fourth-order valence-electron chi connectivity index (χ4n) is 1.84. The minimum atomic E-state index is -0.252. The Balaban J connectivity index is 1.59. The number of hydrogen-bond donors (Lipinski definition) is 1. The first kappa shape index (κ1) is 17.4. The molecule has 3 aromatic rings. The monoisotopic (exact) mass is 439 g/mol. The zero-order chi connectivity index (χ0) is 16.9. The fourth-order valence-corrected chi connectivity index (χ4v) is 4.00. The lowest BCUT2D eigenvalue weighted by molar-refractivity contribution is 0.102. The molecule has 24 heavy (non-hydrogen) atoms. The maximum atomic E-state index is 12.1. The molecule has 0 aliphatic rings. The molecule has 8 heteroatoms. The van der Waals surface area contributed by atoms with Gasteiger partial charge in [0.15, 0.2) is 4.34 Å². The smallest absolute Gasteiger partial charge is 0.257 e. The predicted octanol–water partition coefficient (Wildman–Crippen LogP) is 5.50. The van der Waals surface area contributed by atoms with Gasteiger partial charge in [0.25, 0.3) is 5.91 Å². The number of benzene rings is 2. The number of nitrogens with one attached hydrogen (secondary N) is 1. The third-order valence-electron chi connectivity index (χ3n) is 2.99. The van der Waals surface area contributed by atoms with Crippen LogP contribution in [0.2, 0.25) is 5.02 Å². The second kappa shape index (κ2) is 8.11. The topological polar surface area (TPSA) is 54.9 Å². The third-order valence-corrected chi connectivity index (χ3v) is 5.80. The Kier molecular flexibility index (Phi) is 5.89. The molecular formula is C16H11BrClN3OS2. The number of carbonyl (C=O) groups is 1. The van der Waals surface area contributed by atoms with Crippen LogP contribution in [-0.2, 0) is 5.75 Å². The van der Waals surface area contributed by atoms with E-state index in [0.29, 0.717) is 15.7 Å². The summed E-state index contributed by atoms with van der Waals surface area (Å²) in [6.45, 7) is 0. The molecule has 0 bridgehead atoms. The number of thioether (sulfide) groups is 1. The van der Waals surface area contributed by atoms with Crippen molar-refractivity contribution in [2.75, 3.05) is 5.32 Å². The van der Waals surface area contributed by atoms with Crippen LogP contribution in [0.15, 0.2) is 57.3 Å². The Morgan fingerprint density at radius 2 is 2.00 bits per heavy atom. The maximum absolute atomic E-state index is 12.1. The van der Waals surface area contributed by atoms with Gasteiger partial charge in [0.05, 0.1) is 0 Å². The van der Waals surface area contributed by atoms with Gasteiger partial charge in [-0.1, -0.05) is 68.8 Å². The Morgan fingerprint density at radius 1 is 1.21 bits per heavy atom. The van der Waals surface area contributed by atoms with Gasteiger partial charge in [0.1, 0.15) is 0 Å². The Morgan fingerprint density at radius 3 is 2.75 bits per heavy atom. The van der Waals surface area contributed by atoms with E-state index in [1.807, 2.05) is 12.1 Å². The highest BCUT2D eigenvalue weighted by molar-refractivity contribution is 9.10. The molecule has 0 atom stereocenters. The van der Waals surface area contributed by atoms with Crippen LogP contribution < -0.4 is 5.32 Å². The summed E-state index contributed by atoms with van der Waals surface area (Å²) in [5, 5.41) is 11.8. The average molecular weight is 441 g/mol. The van der Waals surface area contributed by atoms with E-state index in [1.54, 1.807) is 36.0 Å². The van der Waals surface area contributed by atoms with Gasteiger partial charge in [-0.3, -0.25) is 10.1 Å². The number of nitrogens with zero attached hydrogens (tertiary/aromatic N) is 2. The normalized spacial score (nSPS) is 10.6. The van der Waals surface area contributed by atoms with Crippen molar-refractivity contribution in [3.8, 4) is 0 Å². The molecule has 0 radical (unpaired) electrons. The minimum absolute atomic E-state index is 0.252. The summed E-state index contributed by atoms with van der Waals surface area (Å²) in [4.78, 5) is 12.1. The number of carbonyl (C=O) groups excluding carboxylic acids is 1. The first-order chi connectivity index (χ1) is 11.6. The number of halogens is 2. The minimum Gasteiger partial charge on any atom is -0.296 e. The zero-order valence-corrected chi connectivity index (χ0v) is 16.2. The van der Waals surface area contributed by atoms with Crippen molar-refractivity contribution in [2.24, 2.45) is 0 Å². The Hall–Kier alpha value is -1.41. The van der Waals surface area contributed by atoms with E-state index < -0.39 is 0 Å². The van der Waals surface area contributed by atoms with Crippen molar-refractivity contribution in [3.63, 3.8) is 0 Å². The van der Waals surface area contributed by atoms with E-state index in [-0.39, 0.29) is 5.91 Å². The summed E-state index contributed by atoms with van der Waals surface area (Å²) in [6, 6.07) is 14.9. The van der Waals surface area contributed by atoms with Crippen molar-refractivity contribution in [1.82, 2.24) is 10.2 Å². The number of hydrogen-bond acceptors (Lipinski definition) is 5. The van der Waals surface area contributed by atoms with Crippen LogP contribution in [0, 0.1) is 0 Å². The van der Waals surface area contributed by atoms with E-state index in [2.05, 4.69) is 43.6 Å². The van der Waals surface area contributed by atoms with E-state index in [0.717, 1.165) is 14.6 Å². The molecule has 2 aromatic carbocycles. The molecule has 1 aromatic heterocycles. The molecule has 1 N–H and O–H groups in total. The molecule has 0 saturated heterocycles. The molecule has 0 aliphatic carbocycles. The molecular weight excluding hydrogens is 430 g/mol.